The Balaban J connectivity index is 1.82. The summed E-state index contributed by atoms with van der Waals surface area (Å²) in [6.45, 7) is 1.69. The molecule has 0 spiro atoms. The molecule has 0 aliphatic carbocycles. The van der Waals surface area contributed by atoms with Crippen LogP contribution < -0.4 is 13.8 Å². The van der Waals surface area contributed by atoms with Gasteiger partial charge >= 0.3 is 7.60 Å². The first-order chi connectivity index (χ1) is 16.4. The van der Waals surface area contributed by atoms with Crippen LogP contribution >= 0.6 is 7.60 Å². The minimum atomic E-state index is -4.24. The fraction of sp³-hybridized carbons (Fsp3) is 0.0800. The van der Waals surface area contributed by atoms with Gasteiger partial charge in [0.15, 0.2) is 10.8 Å². The molecule has 0 saturated carbocycles. The van der Waals surface area contributed by atoms with E-state index in [1.807, 2.05) is 0 Å². The molecule has 7 nitrogen and oxygen atoms in total. The summed E-state index contributed by atoms with van der Waals surface area (Å²) >= 11 is 0. The van der Waals surface area contributed by atoms with Gasteiger partial charge in [0, 0.05) is 5.69 Å². The van der Waals surface area contributed by atoms with E-state index in [9.17, 15) is 13.0 Å². The lowest BCUT2D eigenvalue weighted by Gasteiger charge is -2.28. The van der Waals surface area contributed by atoms with Crippen LogP contribution in [0.1, 0.15) is 17.0 Å². The summed E-state index contributed by atoms with van der Waals surface area (Å²) in [7, 11) is -8.43. The Morgan fingerprint density at radius 1 is 0.735 bits per heavy atom. The van der Waals surface area contributed by atoms with Gasteiger partial charge < -0.3 is 9.05 Å². The van der Waals surface area contributed by atoms with Gasteiger partial charge in [-0.3, -0.25) is 0 Å². The van der Waals surface area contributed by atoms with E-state index in [2.05, 4.69) is 9.71 Å². The number of nitrogens with one attached hydrogen (secondary N) is 1. The van der Waals surface area contributed by atoms with E-state index in [0.717, 1.165) is 0 Å². The van der Waals surface area contributed by atoms with E-state index >= 15 is 0 Å². The van der Waals surface area contributed by atoms with Crippen LogP contribution in [-0.4, -0.2) is 13.4 Å². The van der Waals surface area contributed by atoms with Crippen molar-refractivity contribution in [1.82, 2.24) is 9.71 Å². The highest BCUT2D eigenvalue weighted by Gasteiger charge is 2.43. The van der Waals surface area contributed by atoms with Crippen LogP contribution in [0.25, 0.3) is 0 Å². The van der Waals surface area contributed by atoms with Gasteiger partial charge in [-0.1, -0.05) is 72.8 Å². The molecule has 0 unspecified atom stereocenters. The molecule has 0 aliphatic heterocycles. The van der Waals surface area contributed by atoms with E-state index in [0.29, 0.717) is 11.3 Å². The Hall–Kier alpha value is -3.45. The van der Waals surface area contributed by atoms with Gasteiger partial charge in [0.05, 0.1) is 0 Å². The van der Waals surface area contributed by atoms with E-state index in [1.165, 1.54) is 6.07 Å². The Morgan fingerprint density at radius 3 is 1.74 bits per heavy atom. The standard InChI is InChI=1S/C25H23N2O5PS/c1-20-12-11-19-24(26-20)34(29,30)27-25(21-13-5-2-6-14-21)33(28,31-22-15-7-3-8-16-22)32-23-17-9-4-10-18-23/h2-19,25,27H,1H3/t25-/m1/s1. The zero-order chi connectivity index (χ0) is 24.0. The van der Waals surface area contributed by atoms with Crippen molar-refractivity contribution in [2.45, 2.75) is 17.7 Å². The molecule has 174 valence electrons. The average Bonchev–Trinajstić information content (AvgIpc) is 2.84. The number of para-hydroxylation sites is 2. The number of aromatic nitrogens is 1. The number of aryl methyl sites for hydroxylation is 1. The minimum Gasteiger partial charge on any atom is -0.415 e. The van der Waals surface area contributed by atoms with Crippen molar-refractivity contribution in [2.75, 3.05) is 0 Å². The first kappa shape index (κ1) is 23.7. The van der Waals surface area contributed by atoms with Crippen LogP contribution in [0.2, 0.25) is 0 Å². The molecule has 9 heteroatoms. The lowest BCUT2D eigenvalue weighted by molar-refractivity contribution is 0.368. The summed E-state index contributed by atoms with van der Waals surface area (Å²) in [5.41, 5.74) is 0.942. The SMILES string of the molecule is Cc1cccc(S(=O)(=O)N[C@@H](c2ccccc2)P(=O)(Oc2ccccc2)Oc2ccccc2)n1. The predicted molar refractivity (Wildman–Crippen MR) is 130 cm³/mol. The largest absolute Gasteiger partial charge is 0.453 e. The Labute approximate surface area is 199 Å². The Kier molecular flexibility index (Phi) is 7.12. The second-order valence-corrected chi connectivity index (χ2v) is 11.0. The number of rotatable bonds is 9. The molecule has 0 amide bonds. The second kappa shape index (κ2) is 10.2. The van der Waals surface area contributed by atoms with Crippen molar-refractivity contribution in [3.63, 3.8) is 0 Å². The molecule has 1 heterocycles. The van der Waals surface area contributed by atoms with Gasteiger partial charge in [0.2, 0.25) is 0 Å². The van der Waals surface area contributed by atoms with Crippen LogP contribution in [-0.2, 0) is 14.6 Å². The maximum atomic E-state index is 14.4. The lowest BCUT2D eigenvalue weighted by atomic mass is 10.2. The third-order valence-electron chi connectivity index (χ3n) is 4.79. The zero-order valence-electron chi connectivity index (χ0n) is 18.3. The van der Waals surface area contributed by atoms with Gasteiger partial charge in [-0.2, -0.15) is 4.72 Å². The first-order valence-corrected chi connectivity index (χ1v) is 13.6. The van der Waals surface area contributed by atoms with Crippen molar-refractivity contribution >= 4 is 17.6 Å². The monoisotopic (exact) mass is 494 g/mol. The summed E-state index contributed by atoms with van der Waals surface area (Å²) in [6.07, 6.45) is 0. The number of sulfonamides is 1. The van der Waals surface area contributed by atoms with Crippen molar-refractivity contribution in [3.05, 3.63) is 120 Å². The third-order valence-corrected chi connectivity index (χ3v) is 8.28. The Bertz CT molecular complexity index is 1340. The van der Waals surface area contributed by atoms with E-state index in [4.69, 9.17) is 9.05 Å². The normalized spacial score (nSPS) is 12.6. The summed E-state index contributed by atoms with van der Waals surface area (Å²) < 4.78 is 55.4. The molecule has 0 bridgehead atoms. The van der Waals surface area contributed by atoms with Crippen LogP contribution in [0.3, 0.4) is 0 Å². The molecule has 1 aromatic heterocycles. The summed E-state index contributed by atoms with van der Waals surface area (Å²) in [4.78, 5) is 4.12. The molecule has 0 aliphatic rings. The molecule has 4 rings (SSSR count). The molecule has 1 atom stereocenters. The molecule has 34 heavy (non-hydrogen) atoms. The van der Waals surface area contributed by atoms with Gasteiger partial charge in [-0.25, -0.2) is 18.0 Å². The summed E-state index contributed by atoms with van der Waals surface area (Å²) in [5.74, 6) is -0.812. The zero-order valence-corrected chi connectivity index (χ0v) is 20.0. The van der Waals surface area contributed by atoms with E-state index < -0.39 is 23.4 Å². The van der Waals surface area contributed by atoms with Crippen molar-refractivity contribution in [2.24, 2.45) is 0 Å². The topological polar surface area (TPSA) is 94.6 Å². The third kappa shape index (κ3) is 5.72. The summed E-state index contributed by atoms with van der Waals surface area (Å²) in [6, 6.07) is 30.2. The quantitative estimate of drug-likeness (QED) is 0.299. The molecule has 4 aromatic rings. The van der Waals surface area contributed by atoms with Crippen LogP contribution in [0.15, 0.2) is 114 Å². The van der Waals surface area contributed by atoms with Crippen LogP contribution in [0, 0.1) is 6.92 Å². The number of hydrogen-bond acceptors (Lipinski definition) is 6. The van der Waals surface area contributed by atoms with Gasteiger partial charge in [0.25, 0.3) is 10.0 Å². The molecule has 0 fully saturated rings. The average molecular weight is 495 g/mol. The van der Waals surface area contributed by atoms with Crippen molar-refractivity contribution in [3.8, 4) is 11.5 Å². The van der Waals surface area contributed by atoms with E-state index in [-0.39, 0.29) is 16.5 Å². The fourth-order valence-electron chi connectivity index (χ4n) is 3.21. The molecule has 1 N–H and O–H groups in total. The Morgan fingerprint density at radius 2 is 1.24 bits per heavy atom. The van der Waals surface area contributed by atoms with Gasteiger partial charge in [-0.05, 0) is 48.9 Å². The van der Waals surface area contributed by atoms with E-state index in [1.54, 1.807) is 110 Å². The number of pyridine rings is 1. The molecular formula is C25H23N2O5PS. The highest BCUT2D eigenvalue weighted by molar-refractivity contribution is 7.89. The minimum absolute atomic E-state index is 0.195. The molecule has 0 radical (unpaired) electrons. The van der Waals surface area contributed by atoms with Gasteiger partial charge in [-0.15, -0.1) is 0 Å². The first-order valence-electron chi connectivity index (χ1n) is 10.5. The number of nitrogens with zero attached hydrogens (tertiary/aromatic N) is 1. The summed E-state index contributed by atoms with van der Waals surface area (Å²) in [5, 5.41) is -0.195. The highest BCUT2D eigenvalue weighted by atomic mass is 32.2. The lowest BCUT2D eigenvalue weighted by Crippen LogP contribution is -2.31. The molecule has 0 saturated heterocycles. The van der Waals surface area contributed by atoms with Crippen molar-refractivity contribution in [1.29, 1.82) is 0 Å². The number of hydrogen-bond donors (Lipinski definition) is 1. The van der Waals surface area contributed by atoms with Crippen LogP contribution in [0.5, 0.6) is 11.5 Å². The number of benzene rings is 3. The smallest absolute Gasteiger partial charge is 0.415 e. The maximum absolute atomic E-state index is 14.4. The maximum Gasteiger partial charge on any atom is 0.453 e. The second-order valence-electron chi connectivity index (χ2n) is 7.40. The molecular weight excluding hydrogens is 471 g/mol. The highest BCUT2D eigenvalue weighted by Crippen LogP contribution is 2.59. The van der Waals surface area contributed by atoms with Crippen LogP contribution in [0.4, 0.5) is 0 Å². The predicted octanol–water partition coefficient (Wildman–Crippen LogP) is 5.72. The van der Waals surface area contributed by atoms with Gasteiger partial charge in [0.1, 0.15) is 11.5 Å². The molecule has 3 aromatic carbocycles. The fourth-order valence-corrected chi connectivity index (χ4v) is 6.83. The van der Waals surface area contributed by atoms with Crippen molar-refractivity contribution < 1.29 is 22.0 Å².